The van der Waals surface area contributed by atoms with E-state index in [1.54, 1.807) is 24.3 Å². The van der Waals surface area contributed by atoms with Crippen LogP contribution in [0.5, 0.6) is 0 Å². The van der Waals surface area contributed by atoms with Crippen LogP contribution in [0.4, 0.5) is 13.2 Å². The van der Waals surface area contributed by atoms with Crippen LogP contribution < -0.4 is 0 Å². The fourth-order valence-corrected chi connectivity index (χ4v) is 3.32. The first-order valence-electron chi connectivity index (χ1n) is 8.20. The minimum Gasteiger partial charge on any atom is -0.478 e. The smallest absolute Gasteiger partial charge is 0.416 e. The first-order valence-corrected chi connectivity index (χ1v) is 8.20. The monoisotopic (exact) mass is 361 g/mol. The number of hydrogen-bond acceptors (Lipinski definition) is 1. The summed E-state index contributed by atoms with van der Waals surface area (Å²) in [5, 5.41) is 9.87. The van der Waals surface area contributed by atoms with Crippen molar-refractivity contribution in [1.29, 1.82) is 0 Å². The highest BCUT2D eigenvalue weighted by Gasteiger charge is 2.33. The van der Waals surface area contributed by atoms with Crippen molar-refractivity contribution >= 4 is 16.9 Å². The molecule has 1 N–H and O–H groups in total. The van der Waals surface area contributed by atoms with Gasteiger partial charge in [-0.3, -0.25) is 0 Å². The van der Waals surface area contributed by atoms with Crippen molar-refractivity contribution in [3.05, 3.63) is 70.9 Å². The minimum atomic E-state index is -4.41. The molecule has 2 aromatic carbocycles. The van der Waals surface area contributed by atoms with E-state index in [9.17, 15) is 18.0 Å². The van der Waals surface area contributed by atoms with Crippen molar-refractivity contribution in [1.82, 2.24) is 4.57 Å². The van der Waals surface area contributed by atoms with Crippen LogP contribution in [-0.4, -0.2) is 15.6 Å². The van der Waals surface area contributed by atoms with Crippen LogP contribution in [0.1, 0.15) is 47.1 Å². The number of alkyl halides is 3. The molecule has 0 spiro atoms. The molecule has 0 unspecified atom stereocenters. The molecular formula is C20H18F3NO2. The summed E-state index contributed by atoms with van der Waals surface area (Å²) in [6.07, 6.45) is -4.30. The number of carbonyl (C=O) groups is 1. The van der Waals surface area contributed by atoms with Crippen molar-refractivity contribution in [2.24, 2.45) is 0 Å². The van der Waals surface area contributed by atoms with Crippen molar-refractivity contribution in [3.63, 3.8) is 0 Å². The normalized spacial score (nSPS) is 12.1. The average Bonchev–Trinajstić information content (AvgIpc) is 2.91. The van der Waals surface area contributed by atoms with Crippen LogP contribution in [-0.2, 0) is 12.6 Å². The van der Waals surface area contributed by atoms with Crippen LogP contribution in [0.25, 0.3) is 10.9 Å². The number of benzene rings is 2. The lowest BCUT2D eigenvalue weighted by Crippen LogP contribution is -2.11. The molecule has 3 rings (SSSR count). The third kappa shape index (κ3) is 3.31. The molecule has 0 amide bonds. The Labute approximate surface area is 148 Å². The lowest BCUT2D eigenvalue weighted by molar-refractivity contribution is -0.138. The van der Waals surface area contributed by atoms with Crippen LogP contribution in [0.15, 0.2) is 48.5 Å². The van der Waals surface area contributed by atoms with Crippen LogP contribution in [0.3, 0.4) is 0 Å². The molecule has 0 radical (unpaired) electrons. The largest absolute Gasteiger partial charge is 0.478 e. The molecule has 1 aromatic heterocycles. The quantitative estimate of drug-likeness (QED) is 0.664. The van der Waals surface area contributed by atoms with E-state index in [4.69, 9.17) is 5.11 Å². The fraction of sp³-hybridized carbons (Fsp3) is 0.250. The predicted octanol–water partition coefficient (Wildman–Crippen LogP) is 5.53. The van der Waals surface area contributed by atoms with Gasteiger partial charge in [0, 0.05) is 29.1 Å². The number of halogens is 3. The van der Waals surface area contributed by atoms with E-state index >= 15 is 0 Å². The summed E-state index contributed by atoms with van der Waals surface area (Å²) in [6, 6.07) is 12.1. The highest BCUT2D eigenvalue weighted by molar-refractivity contribution is 5.94. The maximum Gasteiger partial charge on any atom is 0.416 e. The Kier molecular flexibility index (Phi) is 4.52. The zero-order valence-electron chi connectivity index (χ0n) is 14.3. The number of fused-ring (bicyclic) bond motifs is 1. The zero-order chi connectivity index (χ0) is 19.1. The second-order valence-corrected chi connectivity index (χ2v) is 6.51. The van der Waals surface area contributed by atoms with Gasteiger partial charge in [-0.2, -0.15) is 13.2 Å². The summed E-state index contributed by atoms with van der Waals surface area (Å²) in [4.78, 5) is 11.2. The second kappa shape index (κ2) is 6.52. The van der Waals surface area contributed by atoms with Gasteiger partial charge >= 0.3 is 12.1 Å². The van der Waals surface area contributed by atoms with Gasteiger partial charge < -0.3 is 9.67 Å². The molecule has 0 saturated carbocycles. The van der Waals surface area contributed by atoms with Gasteiger partial charge in [0.25, 0.3) is 0 Å². The van der Waals surface area contributed by atoms with Crippen molar-refractivity contribution < 1.29 is 23.1 Å². The minimum absolute atomic E-state index is 0.0243. The average molecular weight is 361 g/mol. The molecular weight excluding hydrogens is 343 g/mol. The van der Waals surface area contributed by atoms with Crippen molar-refractivity contribution in [3.8, 4) is 0 Å². The lowest BCUT2D eigenvalue weighted by Gasteiger charge is -2.17. The number of aromatic nitrogens is 1. The summed E-state index contributed by atoms with van der Waals surface area (Å²) in [6.45, 7) is 3.90. The van der Waals surface area contributed by atoms with E-state index in [1.165, 1.54) is 18.2 Å². The molecule has 0 saturated heterocycles. The molecule has 136 valence electrons. The summed E-state index contributed by atoms with van der Waals surface area (Å²) in [7, 11) is 0. The molecule has 6 heteroatoms. The Hall–Kier alpha value is -2.76. The SMILES string of the molecule is CC(C)n1c(Cc2ccccc2C(F)(F)F)cc2cc(C(=O)O)ccc21. The van der Waals surface area contributed by atoms with Crippen molar-refractivity contribution in [2.75, 3.05) is 0 Å². The van der Waals surface area contributed by atoms with Gasteiger partial charge in [-0.25, -0.2) is 4.79 Å². The molecule has 1 heterocycles. The number of hydrogen-bond donors (Lipinski definition) is 1. The molecule has 0 aliphatic heterocycles. The topological polar surface area (TPSA) is 42.2 Å². The van der Waals surface area contributed by atoms with E-state index in [2.05, 4.69) is 0 Å². The fourth-order valence-electron chi connectivity index (χ4n) is 3.32. The lowest BCUT2D eigenvalue weighted by atomic mass is 10.0. The van der Waals surface area contributed by atoms with Crippen molar-refractivity contribution in [2.45, 2.75) is 32.5 Å². The molecule has 3 aromatic rings. The Bertz CT molecular complexity index is 971. The van der Waals surface area contributed by atoms with Gasteiger partial charge in [0.2, 0.25) is 0 Å². The Morgan fingerprint density at radius 1 is 1.12 bits per heavy atom. The number of rotatable bonds is 4. The van der Waals surface area contributed by atoms with Gasteiger partial charge in [-0.05, 0) is 49.7 Å². The molecule has 0 aliphatic carbocycles. The number of aromatic carboxylic acids is 1. The van der Waals surface area contributed by atoms with Gasteiger partial charge in [0.05, 0.1) is 11.1 Å². The Morgan fingerprint density at radius 2 is 1.81 bits per heavy atom. The molecule has 0 aliphatic rings. The van der Waals surface area contributed by atoms with Gasteiger partial charge in [-0.1, -0.05) is 18.2 Å². The van der Waals surface area contributed by atoms with E-state index in [0.717, 1.165) is 11.6 Å². The number of nitrogens with zero attached hydrogens (tertiary/aromatic N) is 1. The van der Waals surface area contributed by atoms with Crippen LogP contribution >= 0.6 is 0 Å². The van der Waals surface area contributed by atoms with E-state index in [1.807, 2.05) is 18.4 Å². The Balaban J connectivity index is 2.14. The van der Waals surface area contributed by atoms with Gasteiger partial charge in [-0.15, -0.1) is 0 Å². The first-order chi connectivity index (χ1) is 12.2. The number of carboxylic acid groups (broad SMARTS) is 1. The van der Waals surface area contributed by atoms with Crippen LogP contribution in [0, 0.1) is 0 Å². The molecule has 26 heavy (non-hydrogen) atoms. The summed E-state index contributed by atoms with van der Waals surface area (Å²) < 4.78 is 41.8. The maximum absolute atomic E-state index is 13.3. The standard InChI is InChI=1S/C20H18F3NO2/c1-12(2)24-16(10-13-5-3-4-6-17(13)20(21,22)23)11-15-9-14(19(25)26)7-8-18(15)24/h3-9,11-12H,10H2,1-2H3,(H,25,26). The highest BCUT2D eigenvalue weighted by atomic mass is 19.4. The zero-order valence-corrected chi connectivity index (χ0v) is 14.3. The molecule has 3 nitrogen and oxygen atoms in total. The van der Waals surface area contributed by atoms with E-state index in [-0.39, 0.29) is 23.6 Å². The Morgan fingerprint density at radius 3 is 2.42 bits per heavy atom. The van der Waals surface area contributed by atoms with E-state index < -0.39 is 17.7 Å². The van der Waals surface area contributed by atoms with Crippen LogP contribution in [0.2, 0.25) is 0 Å². The maximum atomic E-state index is 13.3. The summed E-state index contributed by atoms with van der Waals surface area (Å²) in [5.74, 6) is -1.03. The van der Waals surface area contributed by atoms with Gasteiger partial charge in [0.1, 0.15) is 0 Å². The third-order valence-corrected chi connectivity index (χ3v) is 4.38. The summed E-state index contributed by atoms with van der Waals surface area (Å²) >= 11 is 0. The molecule has 0 bridgehead atoms. The second-order valence-electron chi connectivity index (χ2n) is 6.51. The molecule has 0 atom stereocenters. The predicted molar refractivity (Wildman–Crippen MR) is 93.5 cm³/mol. The third-order valence-electron chi connectivity index (χ3n) is 4.38. The van der Waals surface area contributed by atoms with E-state index in [0.29, 0.717) is 11.1 Å². The van der Waals surface area contributed by atoms with Gasteiger partial charge in [0.15, 0.2) is 0 Å². The number of carboxylic acids is 1. The molecule has 0 fully saturated rings. The highest BCUT2D eigenvalue weighted by Crippen LogP contribution is 2.34. The summed E-state index contributed by atoms with van der Waals surface area (Å²) in [5.41, 5.74) is 1.23. The first kappa shape index (κ1) is 18.0.